The first-order valence-corrected chi connectivity index (χ1v) is 8.78. The predicted octanol–water partition coefficient (Wildman–Crippen LogP) is 0.630. The van der Waals surface area contributed by atoms with Crippen LogP contribution in [0, 0.1) is 5.92 Å². The molecule has 1 aromatic carbocycles. The molecule has 23 heavy (non-hydrogen) atoms. The second-order valence-electron chi connectivity index (χ2n) is 5.57. The van der Waals surface area contributed by atoms with Crippen LogP contribution in [-0.2, 0) is 19.6 Å². The number of amides is 1. The number of hydrogen-bond donors (Lipinski definition) is 1. The molecular formula is C15H20N2O5S. The van der Waals surface area contributed by atoms with Gasteiger partial charge in [0.2, 0.25) is 15.9 Å². The summed E-state index contributed by atoms with van der Waals surface area (Å²) in [6.45, 7) is 0.430. The lowest BCUT2D eigenvalue weighted by molar-refractivity contribution is -0.145. The zero-order valence-electron chi connectivity index (χ0n) is 12.9. The third-order valence-electron chi connectivity index (χ3n) is 4.01. The van der Waals surface area contributed by atoms with Crippen molar-refractivity contribution in [3.8, 4) is 0 Å². The second-order valence-corrected chi connectivity index (χ2v) is 7.61. The molecule has 8 heteroatoms. The number of rotatable bonds is 5. The lowest BCUT2D eigenvalue weighted by Gasteiger charge is -2.31. The molecule has 2 rings (SSSR count). The van der Waals surface area contributed by atoms with Gasteiger partial charge < -0.3 is 10.0 Å². The quantitative estimate of drug-likeness (QED) is 0.848. The van der Waals surface area contributed by atoms with E-state index in [2.05, 4.69) is 0 Å². The van der Waals surface area contributed by atoms with Crippen molar-refractivity contribution in [3.05, 3.63) is 30.3 Å². The molecule has 0 aliphatic carbocycles. The van der Waals surface area contributed by atoms with Crippen LogP contribution in [0.3, 0.4) is 0 Å². The van der Waals surface area contributed by atoms with E-state index < -0.39 is 21.9 Å². The van der Waals surface area contributed by atoms with E-state index in [0.717, 1.165) is 4.31 Å². The van der Waals surface area contributed by atoms with Crippen LogP contribution < -0.4 is 0 Å². The first-order valence-electron chi connectivity index (χ1n) is 7.34. The van der Waals surface area contributed by atoms with Crippen LogP contribution in [0.2, 0.25) is 0 Å². The molecule has 1 saturated heterocycles. The lowest BCUT2D eigenvalue weighted by Crippen LogP contribution is -2.45. The molecule has 0 unspecified atom stereocenters. The molecule has 0 bridgehead atoms. The standard InChI is InChI=1S/C15H20N2O5S/c1-16(23(21,22)13-5-3-2-4-6-13)11-14(18)17-9-7-12(8-10-17)15(19)20/h2-6,12H,7-11H2,1H3,(H,19,20). The maximum atomic E-state index is 12.4. The summed E-state index contributed by atoms with van der Waals surface area (Å²) in [6.07, 6.45) is 0.798. The Kier molecular flexibility index (Phi) is 5.38. The molecule has 0 radical (unpaired) electrons. The monoisotopic (exact) mass is 340 g/mol. The Bertz CT molecular complexity index is 666. The van der Waals surface area contributed by atoms with Crippen molar-refractivity contribution >= 4 is 21.9 Å². The molecule has 1 amide bonds. The third kappa shape index (κ3) is 4.08. The van der Waals surface area contributed by atoms with E-state index in [1.54, 1.807) is 18.2 Å². The van der Waals surface area contributed by atoms with E-state index in [4.69, 9.17) is 5.11 Å². The van der Waals surface area contributed by atoms with Gasteiger partial charge in [0.1, 0.15) is 0 Å². The molecule has 7 nitrogen and oxygen atoms in total. The van der Waals surface area contributed by atoms with Crippen LogP contribution >= 0.6 is 0 Å². The molecule has 1 aromatic rings. The highest BCUT2D eigenvalue weighted by Crippen LogP contribution is 2.18. The van der Waals surface area contributed by atoms with Crippen LogP contribution in [0.15, 0.2) is 35.2 Å². The summed E-state index contributed by atoms with van der Waals surface area (Å²) in [5.74, 6) is -1.58. The van der Waals surface area contributed by atoms with Gasteiger partial charge in [-0.2, -0.15) is 4.31 Å². The average molecular weight is 340 g/mol. The number of likely N-dealkylation sites (tertiary alicyclic amines) is 1. The van der Waals surface area contributed by atoms with Gasteiger partial charge in [0.25, 0.3) is 0 Å². The van der Waals surface area contributed by atoms with Crippen LogP contribution in [0.25, 0.3) is 0 Å². The molecule has 126 valence electrons. The van der Waals surface area contributed by atoms with Crippen LogP contribution in [0.1, 0.15) is 12.8 Å². The average Bonchev–Trinajstić information content (AvgIpc) is 2.55. The fourth-order valence-corrected chi connectivity index (χ4v) is 3.67. The topological polar surface area (TPSA) is 95.0 Å². The number of aliphatic carboxylic acids is 1. The maximum absolute atomic E-state index is 12.4. The Morgan fingerprint density at radius 3 is 2.30 bits per heavy atom. The molecule has 1 N–H and O–H groups in total. The van der Waals surface area contributed by atoms with E-state index in [0.29, 0.717) is 25.9 Å². The first kappa shape index (κ1) is 17.4. The number of carbonyl (C=O) groups excluding carboxylic acids is 1. The highest BCUT2D eigenvalue weighted by molar-refractivity contribution is 7.89. The summed E-state index contributed by atoms with van der Waals surface area (Å²) in [5.41, 5.74) is 0. The van der Waals surface area contributed by atoms with Gasteiger partial charge in [0, 0.05) is 20.1 Å². The Morgan fingerprint density at radius 1 is 1.22 bits per heavy atom. The van der Waals surface area contributed by atoms with Crippen molar-refractivity contribution in [2.24, 2.45) is 5.92 Å². The second kappa shape index (κ2) is 7.10. The highest BCUT2D eigenvalue weighted by atomic mass is 32.2. The Hall–Kier alpha value is -1.93. The van der Waals surface area contributed by atoms with E-state index in [1.807, 2.05) is 0 Å². The molecule has 1 aliphatic rings. The smallest absolute Gasteiger partial charge is 0.306 e. The molecular weight excluding hydrogens is 320 g/mol. The zero-order valence-corrected chi connectivity index (χ0v) is 13.7. The van der Waals surface area contributed by atoms with Crippen molar-refractivity contribution in [2.45, 2.75) is 17.7 Å². The van der Waals surface area contributed by atoms with E-state index in [-0.39, 0.29) is 17.3 Å². The van der Waals surface area contributed by atoms with Crippen molar-refractivity contribution in [3.63, 3.8) is 0 Å². The largest absolute Gasteiger partial charge is 0.481 e. The highest BCUT2D eigenvalue weighted by Gasteiger charge is 2.29. The zero-order chi connectivity index (χ0) is 17.0. The molecule has 0 aromatic heterocycles. The van der Waals surface area contributed by atoms with Gasteiger partial charge in [-0.1, -0.05) is 18.2 Å². The molecule has 0 saturated carbocycles. The number of hydrogen-bond acceptors (Lipinski definition) is 4. The Balaban J connectivity index is 1.97. The molecule has 1 fully saturated rings. The van der Waals surface area contributed by atoms with Crippen LogP contribution in [-0.4, -0.2) is 61.3 Å². The number of carboxylic acids is 1. The summed E-state index contributed by atoms with van der Waals surface area (Å²) in [4.78, 5) is 24.8. The van der Waals surface area contributed by atoms with Crippen molar-refractivity contribution < 1.29 is 23.1 Å². The van der Waals surface area contributed by atoms with Gasteiger partial charge in [0.05, 0.1) is 17.4 Å². The maximum Gasteiger partial charge on any atom is 0.306 e. The molecule has 0 spiro atoms. The summed E-state index contributed by atoms with van der Waals surface area (Å²) >= 11 is 0. The van der Waals surface area contributed by atoms with Crippen molar-refractivity contribution in [1.29, 1.82) is 0 Å². The lowest BCUT2D eigenvalue weighted by atomic mass is 9.97. The number of likely N-dealkylation sites (N-methyl/N-ethyl adjacent to an activating group) is 1. The van der Waals surface area contributed by atoms with Crippen molar-refractivity contribution in [2.75, 3.05) is 26.7 Å². The number of carbonyl (C=O) groups is 2. The normalized spacial score (nSPS) is 16.5. The fourth-order valence-electron chi connectivity index (χ4n) is 2.52. The fraction of sp³-hybridized carbons (Fsp3) is 0.467. The van der Waals surface area contributed by atoms with Crippen LogP contribution in [0.4, 0.5) is 0 Å². The number of benzene rings is 1. The van der Waals surface area contributed by atoms with Gasteiger partial charge >= 0.3 is 5.97 Å². The molecule has 1 heterocycles. The number of sulfonamides is 1. The van der Waals surface area contributed by atoms with Gasteiger partial charge in [-0.25, -0.2) is 8.42 Å². The number of carboxylic acid groups (broad SMARTS) is 1. The minimum absolute atomic E-state index is 0.139. The SMILES string of the molecule is CN(CC(=O)N1CCC(C(=O)O)CC1)S(=O)(=O)c1ccccc1. The van der Waals surface area contributed by atoms with Crippen molar-refractivity contribution in [1.82, 2.24) is 9.21 Å². The summed E-state index contributed by atoms with van der Waals surface area (Å²) in [7, 11) is -2.34. The summed E-state index contributed by atoms with van der Waals surface area (Å²) in [6, 6.07) is 7.93. The summed E-state index contributed by atoms with van der Waals surface area (Å²) in [5, 5.41) is 8.95. The van der Waals surface area contributed by atoms with Gasteiger partial charge in [-0.15, -0.1) is 0 Å². The van der Waals surface area contributed by atoms with Gasteiger partial charge in [-0.3, -0.25) is 9.59 Å². The minimum Gasteiger partial charge on any atom is -0.481 e. The van der Waals surface area contributed by atoms with Gasteiger partial charge in [-0.05, 0) is 25.0 Å². The van der Waals surface area contributed by atoms with E-state index in [1.165, 1.54) is 24.1 Å². The number of piperidine rings is 1. The summed E-state index contributed by atoms with van der Waals surface area (Å²) < 4.78 is 25.8. The van der Waals surface area contributed by atoms with E-state index >= 15 is 0 Å². The molecule has 1 aliphatic heterocycles. The van der Waals surface area contributed by atoms with Crippen LogP contribution in [0.5, 0.6) is 0 Å². The number of nitrogens with zero attached hydrogens (tertiary/aromatic N) is 2. The van der Waals surface area contributed by atoms with E-state index in [9.17, 15) is 18.0 Å². The Morgan fingerprint density at radius 2 is 1.78 bits per heavy atom. The third-order valence-corrected chi connectivity index (χ3v) is 5.82. The Labute approximate surface area is 135 Å². The van der Waals surface area contributed by atoms with Gasteiger partial charge in [0.15, 0.2) is 0 Å². The minimum atomic E-state index is -3.71. The first-order chi connectivity index (χ1) is 10.8. The predicted molar refractivity (Wildman–Crippen MR) is 83.2 cm³/mol. The molecule has 0 atom stereocenters.